The Balaban J connectivity index is 2.74. The summed E-state index contributed by atoms with van der Waals surface area (Å²) < 4.78 is 4.41. The van der Waals surface area contributed by atoms with Crippen LogP contribution in [0.2, 0.25) is 5.28 Å². The van der Waals surface area contributed by atoms with Crippen molar-refractivity contribution in [3.8, 4) is 5.75 Å². The van der Waals surface area contributed by atoms with Crippen molar-refractivity contribution in [3.05, 3.63) is 17.7 Å². The van der Waals surface area contributed by atoms with Crippen LogP contribution < -0.4 is 4.74 Å². The van der Waals surface area contributed by atoms with Crippen molar-refractivity contribution in [1.82, 2.24) is 9.97 Å². The van der Waals surface area contributed by atoms with Gasteiger partial charge < -0.3 is 4.74 Å². The zero-order chi connectivity index (χ0) is 8.27. The average molecular weight is 193 g/mol. The molecule has 0 saturated carbocycles. The largest absolute Gasteiger partial charge is 0.411 e. The summed E-state index contributed by atoms with van der Waals surface area (Å²) in [7, 11) is 0. The Morgan fingerprint density at radius 2 is 2.00 bits per heavy atom. The number of carbonyl (C=O) groups excluding carboxylic acids is 1. The number of hydrogen-bond donors (Lipinski definition) is 0. The lowest BCUT2D eigenvalue weighted by atomic mass is 10.6. The highest BCUT2D eigenvalue weighted by atomic mass is 35.5. The van der Waals surface area contributed by atoms with E-state index in [0.29, 0.717) is 0 Å². The zero-order valence-electron chi connectivity index (χ0n) is 5.12. The molecule has 0 saturated heterocycles. The molecular formula is C5H2Cl2N2O2. The van der Waals surface area contributed by atoms with Crippen molar-refractivity contribution < 1.29 is 9.53 Å². The van der Waals surface area contributed by atoms with Gasteiger partial charge >= 0.3 is 5.43 Å². The lowest BCUT2D eigenvalue weighted by Crippen LogP contribution is -1.97. The van der Waals surface area contributed by atoms with E-state index in [1.54, 1.807) is 0 Å². The lowest BCUT2D eigenvalue weighted by molar-refractivity contribution is 0.225. The average Bonchev–Trinajstić information content (AvgIpc) is 1.93. The van der Waals surface area contributed by atoms with Crippen molar-refractivity contribution >= 4 is 28.6 Å². The molecule has 0 fully saturated rings. The second-order valence-corrected chi connectivity index (χ2v) is 2.17. The van der Waals surface area contributed by atoms with Gasteiger partial charge in [-0.1, -0.05) is 0 Å². The van der Waals surface area contributed by atoms with Crippen LogP contribution in [0.5, 0.6) is 5.75 Å². The molecular weight excluding hydrogens is 191 g/mol. The Hall–Kier alpha value is -0.870. The van der Waals surface area contributed by atoms with Gasteiger partial charge in [-0.15, -0.1) is 0 Å². The van der Waals surface area contributed by atoms with Crippen LogP contribution in [0, 0.1) is 0 Å². The molecule has 0 amide bonds. The standard InChI is InChI=1S/C5H2Cl2N2O2/c6-4-8-1-3(2-9-4)11-5(7)10/h1-2H. The minimum atomic E-state index is -0.934. The van der Waals surface area contributed by atoms with Crippen molar-refractivity contribution in [2.24, 2.45) is 0 Å². The fourth-order valence-corrected chi connectivity index (χ4v) is 0.632. The monoisotopic (exact) mass is 192 g/mol. The van der Waals surface area contributed by atoms with Crippen molar-refractivity contribution in [3.63, 3.8) is 0 Å². The maximum atomic E-state index is 10.2. The second kappa shape index (κ2) is 3.50. The van der Waals surface area contributed by atoms with E-state index in [1.165, 1.54) is 12.4 Å². The number of carbonyl (C=O) groups is 1. The number of halogens is 2. The Kier molecular flexibility index (Phi) is 2.62. The first-order chi connectivity index (χ1) is 5.18. The van der Waals surface area contributed by atoms with E-state index in [2.05, 4.69) is 14.7 Å². The maximum Gasteiger partial charge on any atom is 0.409 e. The van der Waals surface area contributed by atoms with E-state index >= 15 is 0 Å². The van der Waals surface area contributed by atoms with Crippen LogP contribution >= 0.6 is 23.2 Å². The Morgan fingerprint density at radius 3 is 2.45 bits per heavy atom. The Labute approximate surface area is 72.1 Å². The molecule has 0 bridgehead atoms. The van der Waals surface area contributed by atoms with Gasteiger partial charge in [-0.3, -0.25) is 0 Å². The molecule has 4 nitrogen and oxygen atoms in total. The second-order valence-electron chi connectivity index (χ2n) is 1.53. The Morgan fingerprint density at radius 1 is 1.45 bits per heavy atom. The SMILES string of the molecule is O=C(Cl)Oc1cnc(Cl)nc1. The molecule has 0 aliphatic carbocycles. The van der Waals surface area contributed by atoms with E-state index < -0.39 is 5.43 Å². The minimum absolute atomic E-state index is 0.0828. The van der Waals surface area contributed by atoms with Gasteiger partial charge in [0.15, 0.2) is 5.75 Å². The zero-order valence-corrected chi connectivity index (χ0v) is 6.63. The number of aromatic nitrogens is 2. The third-order valence-corrected chi connectivity index (χ3v) is 1.07. The summed E-state index contributed by atoms with van der Waals surface area (Å²) in [6.07, 6.45) is 2.49. The lowest BCUT2D eigenvalue weighted by Gasteiger charge is -1.95. The highest BCUT2D eigenvalue weighted by Gasteiger charge is 1.99. The molecule has 1 aromatic heterocycles. The van der Waals surface area contributed by atoms with Crippen LogP contribution in [-0.2, 0) is 0 Å². The maximum absolute atomic E-state index is 10.2. The quantitative estimate of drug-likeness (QED) is 0.504. The summed E-state index contributed by atoms with van der Waals surface area (Å²) in [6.45, 7) is 0. The molecule has 1 aromatic rings. The van der Waals surface area contributed by atoms with Gasteiger partial charge in [-0.05, 0) is 11.6 Å². The van der Waals surface area contributed by atoms with E-state index in [0.717, 1.165) is 0 Å². The summed E-state index contributed by atoms with van der Waals surface area (Å²) >= 11 is 10.3. The van der Waals surface area contributed by atoms with Crippen LogP contribution in [0.3, 0.4) is 0 Å². The van der Waals surface area contributed by atoms with Gasteiger partial charge in [0, 0.05) is 11.6 Å². The van der Waals surface area contributed by atoms with Crippen molar-refractivity contribution in [2.75, 3.05) is 0 Å². The van der Waals surface area contributed by atoms with Crippen molar-refractivity contribution in [1.29, 1.82) is 0 Å². The molecule has 0 N–H and O–H groups in total. The van der Waals surface area contributed by atoms with E-state index in [4.69, 9.17) is 23.2 Å². The third-order valence-electron chi connectivity index (χ3n) is 0.795. The van der Waals surface area contributed by atoms with E-state index in [1.807, 2.05) is 0 Å². The number of ether oxygens (including phenoxy) is 1. The predicted molar refractivity (Wildman–Crippen MR) is 38.9 cm³/mol. The van der Waals surface area contributed by atoms with Gasteiger partial charge in [0.2, 0.25) is 5.28 Å². The summed E-state index contributed by atoms with van der Waals surface area (Å²) in [5.74, 6) is 0.161. The van der Waals surface area contributed by atoms with Gasteiger partial charge in [-0.25, -0.2) is 14.8 Å². The molecule has 1 heterocycles. The smallest absolute Gasteiger partial charge is 0.409 e. The topological polar surface area (TPSA) is 52.1 Å². The summed E-state index contributed by atoms with van der Waals surface area (Å²) in [5, 5.41) is 0.0828. The van der Waals surface area contributed by atoms with Crippen LogP contribution in [0.1, 0.15) is 0 Å². The first-order valence-corrected chi connectivity index (χ1v) is 3.29. The minimum Gasteiger partial charge on any atom is -0.411 e. The van der Waals surface area contributed by atoms with Crippen LogP contribution in [0.15, 0.2) is 12.4 Å². The predicted octanol–water partition coefficient (Wildman–Crippen LogP) is 1.87. The van der Waals surface area contributed by atoms with Gasteiger partial charge in [0.1, 0.15) is 0 Å². The number of nitrogens with zero attached hydrogens (tertiary/aromatic N) is 2. The van der Waals surface area contributed by atoms with Crippen LogP contribution in [0.4, 0.5) is 4.79 Å². The molecule has 1 rings (SSSR count). The first-order valence-electron chi connectivity index (χ1n) is 2.53. The van der Waals surface area contributed by atoms with E-state index in [9.17, 15) is 4.79 Å². The summed E-state index contributed by atoms with van der Waals surface area (Å²) in [6, 6.07) is 0. The Bertz CT molecular complexity index is 262. The third kappa shape index (κ3) is 2.69. The molecule has 0 unspecified atom stereocenters. The highest BCUT2D eigenvalue weighted by Crippen LogP contribution is 2.09. The van der Waals surface area contributed by atoms with Crippen LogP contribution in [0.25, 0.3) is 0 Å². The van der Waals surface area contributed by atoms with Gasteiger partial charge in [0.25, 0.3) is 0 Å². The highest BCUT2D eigenvalue weighted by molar-refractivity contribution is 6.61. The molecule has 0 radical (unpaired) electrons. The van der Waals surface area contributed by atoms with Crippen molar-refractivity contribution in [2.45, 2.75) is 0 Å². The normalized spacial score (nSPS) is 9.27. The van der Waals surface area contributed by atoms with Gasteiger partial charge in [0.05, 0.1) is 12.4 Å². The first kappa shape index (κ1) is 8.23. The van der Waals surface area contributed by atoms with E-state index in [-0.39, 0.29) is 11.0 Å². The molecule has 0 aliphatic heterocycles. The molecule has 0 aromatic carbocycles. The summed E-state index contributed by atoms with van der Waals surface area (Å²) in [5.41, 5.74) is -0.934. The van der Waals surface area contributed by atoms with Crippen LogP contribution in [-0.4, -0.2) is 15.4 Å². The van der Waals surface area contributed by atoms with Gasteiger partial charge in [-0.2, -0.15) is 0 Å². The number of hydrogen-bond acceptors (Lipinski definition) is 4. The fraction of sp³-hybridized carbons (Fsp3) is 0. The molecule has 6 heteroatoms. The molecule has 0 aliphatic rings. The fourth-order valence-electron chi connectivity index (χ4n) is 0.446. The molecule has 0 atom stereocenters. The molecule has 11 heavy (non-hydrogen) atoms. The molecule has 0 spiro atoms. The summed E-state index contributed by atoms with van der Waals surface area (Å²) in [4.78, 5) is 17.3. The number of rotatable bonds is 1. The molecule has 58 valence electrons.